The van der Waals surface area contributed by atoms with E-state index >= 15 is 0 Å². The molecule has 1 aromatic carbocycles. The van der Waals surface area contributed by atoms with Gasteiger partial charge in [-0.05, 0) is 51.2 Å². The quantitative estimate of drug-likeness (QED) is 0.900. The molecule has 0 spiro atoms. The van der Waals surface area contributed by atoms with E-state index in [1.165, 1.54) is 16.8 Å². The minimum Gasteiger partial charge on any atom is -0.481 e. The second kappa shape index (κ2) is 5.58. The van der Waals surface area contributed by atoms with Crippen molar-refractivity contribution in [2.75, 3.05) is 11.4 Å². The maximum Gasteiger partial charge on any atom is 0.305 e. The summed E-state index contributed by atoms with van der Waals surface area (Å²) in [6.07, 6.45) is 4.44. The van der Waals surface area contributed by atoms with Crippen molar-refractivity contribution in [2.45, 2.75) is 63.5 Å². The Hall–Kier alpha value is -1.55. The molecule has 1 aliphatic heterocycles. The lowest BCUT2D eigenvalue weighted by Crippen LogP contribution is -2.39. The van der Waals surface area contributed by atoms with E-state index < -0.39 is 5.97 Å². The number of carboxylic acids is 1. The van der Waals surface area contributed by atoms with Gasteiger partial charge in [0.25, 0.3) is 0 Å². The molecule has 2 unspecified atom stereocenters. The zero-order valence-corrected chi connectivity index (χ0v) is 13.5. The molecule has 0 aromatic heterocycles. The van der Waals surface area contributed by atoms with Crippen molar-refractivity contribution in [3.05, 3.63) is 29.3 Å². The Bertz CT molecular complexity index is 582. The third-order valence-corrected chi connectivity index (χ3v) is 5.26. The Balaban J connectivity index is 1.97. The number of nitrogens with zero attached hydrogens (tertiary/aromatic N) is 1. The number of benzene rings is 1. The van der Waals surface area contributed by atoms with Gasteiger partial charge in [0.15, 0.2) is 0 Å². The summed E-state index contributed by atoms with van der Waals surface area (Å²) in [6, 6.07) is 6.96. The monoisotopic (exact) mass is 302 g/mol. The second-order valence-electron chi connectivity index (χ2n) is 7.32. The summed E-state index contributed by atoms with van der Waals surface area (Å²) in [5.74, 6) is -0.296. The molecule has 3 N–H and O–H groups in total. The van der Waals surface area contributed by atoms with Crippen LogP contribution in [0.3, 0.4) is 0 Å². The van der Waals surface area contributed by atoms with E-state index in [1.54, 1.807) is 0 Å². The SMILES string of the molecule is Cc1ccc2c(c1)C1CC(C)(N)CCC[C@@H]1N2CCC(=O)O. The number of hydrogen-bond acceptors (Lipinski definition) is 3. The molecule has 22 heavy (non-hydrogen) atoms. The van der Waals surface area contributed by atoms with Gasteiger partial charge in [0.05, 0.1) is 6.42 Å². The maximum absolute atomic E-state index is 11.0. The highest BCUT2D eigenvalue weighted by molar-refractivity contribution is 5.69. The highest BCUT2D eigenvalue weighted by atomic mass is 16.4. The van der Waals surface area contributed by atoms with Gasteiger partial charge >= 0.3 is 5.97 Å². The van der Waals surface area contributed by atoms with Gasteiger partial charge in [-0.3, -0.25) is 4.79 Å². The molecular weight excluding hydrogens is 276 g/mol. The van der Waals surface area contributed by atoms with Crippen LogP contribution >= 0.6 is 0 Å². The fourth-order valence-electron chi connectivity index (χ4n) is 4.26. The number of hydrogen-bond donors (Lipinski definition) is 2. The highest BCUT2D eigenvalue weighted by Gasteiger charge is 2.42. The predicted molar refractivity (Wildman–Crippen MR) is 88.4 cm³/mol. The van der Waals surface area contributed by atoms with Crippen molar-refractivity contribution in [3.63, 3.8) is 0 Å². The first-order valence-electron chi connectivity index (χ1n) is 8.25. The molecule has 120 valence electrons. The number of rotatable bonds is 3. The summed E-state index contributed by atoms with van der Waals surface area (Å²) in [5, 5.41) is 9.05. The molecule has 1 fully saturated rings. The topological polar surface area (TPSA) is 66.6 Å². The molecule has 1 heterocycles. The Labute approximate surface area is 132 Å². The number of carbonyl (C=O) groups is 1. The lowest BCUT2D eigenvalue weighted by atomic mass is 9.83. The van der Waals surface area contributed by atoms with Gasteiger partial charge in [-0.1, -0.05) is 17.7 Å². The molecule has 4 heteroatoms. The molecule has 0 saturated heterocycles. The molecule has 1 aromatic rings. The zero-order chi connectivity index (χ0) is 15.9. The van der Waals surface area contributed by atoms with Gasteiger partial charge in [0, 0.05) is 29.7 Å². The lowest BCUT2D eigenvalue weighted by molar-refractivity contribution is -0.136. The number of carboxylic acid groups (broad SMARTS) is 1. The van der Waals surface area contributed by atoms with Crippen molar-refractivity contribution in [2.24, 2.45) is 5.73 Å². The van der Waals surface area contributed by atoms with E-state index in [2.05, 4.69) is 36.9 Å². The van der Waals surface area contributed by atoms with Crippen molar-refractivity contribution in [1.29, 1.82) is 0 Å². The molecule has 1 aliphatic carbocycles. The smallest absolute Gasteiger partial charge is 0.305 e. The average molecular weight is 302 g/mol. The molecule has 0 amide bonds. The van der Waals surface area contributed by atoms with Gasteiger partial charge < -0.3 is 15.7 Å². The van der Waals surface area contributed by atoms with Crippen LogP contribution in [0.15, 0.2) is 18.2 Å². The van der Waals surface area contributed by atoms with Gasteiger partial charge in [0.2, 0.25) is 0 Å². The minimum absolute atomic E-state index is 0.122. The fourth-order valence-corrected chi connectivity index (χ4v) is 4.26. The van der Waals surface area contributed by atoms with E-state index in [0.29, 0.717) is 18.5 Å². The largest absolute Gasteiger partial charge is 0.481 e. The Morgan fingerprint density at radius 2 is 2.27 bits per heavy atom. The van der Waals surface area contributed by atoms with Crippen LogP contribution in [0, 0.1) is 6.92 Å². The van der Waals surface area contributed by atoms with Gasteiger partial charge in [-0.2, -0.15) is 0 Å². The van der Waals surface area contributed by atoms with Crippen LogP contribution in [0.25, 0.3) is 0 Å². The zero-order valence-electron chi connectivity index (χ0n) is 13.5. The summed E-state index contributed by atoms with van der Waals surface area (Å²) in [5.41, 5.74) is 10.2. The highest BCUT2D eigenvalue weighted by Crippen LogP contribution is 2.48. The van der Waals surface area contributed by atoms with E-state index in [9.17, 15) is 4.79 Å². The summed E-state index contributed by atoms with van der Waals surface area (Å²) in [4.78, 5) is 13.3. The first kappa shape index (κ1) is 15.3. The molecular formula is C18H26N2O2. The lowest BCUT2D eigenvalue weighted by Gasteiger charge is -2.30. The van der Waals surface area contributed by atoms with Crippen molar-refractivity contribution in [1.82, 2.24) is 0 Å². The van der Waals surface area contributed by atoms with Crippen LogP contribution in [0.5, 0.6) is 0 Å². The fraction of sp³-hybridized carbons (Fsp3) is 0.611. The van der Waals surface area contributed by atoms with Crippen LogP contribution < -0.4 is 10.6 Å². The van der Waals surface area contributed by atoms with Gasteiger partial charge in [0.1, 0.15) is 0 Å². The Morgan fingerprint density at radius 1 is 1.50 bits per heavy atom. The maximum atomic E-state index is 11.0. The Morgan fingerprint density at radius 3 is 3.00 bits per heavy atom. The van der Waals surface area contributed by atoms with E-state index in [-0.39, 0.29) is 12.0 Å². The number of nitrogens with two attached hydrogens (primary N) is 1. The number of aliphatic carboxylic acids is 1. The third kappa shape index (κ3) is 2.84. The molecule has 3 atom stereocenters. The first-order valence-corrected chi connectivity index (χ1v) is 8.25. The average Bonchev–Trinajstić information content (AvgIpc) is 2.59. The van der Waals surface area contributed by atoms with Crippen LogP contribution in [0.1, 0.15) is 56.1 Å². The number of fused-ring (bicyclic) bond motifs is 3. The van der Waals surface area contributed by atoms with E-state index in [4.69, 9.17) is 10.8 Å². The summed E-state index contributed by atoms with van der Waals surface area (Å²) < 4.78 is 0. The van der Waals surface area contributed by atoms with E-state index in [0.717, 1.165) is 25.7 Å². The van der Waals surface area contributed by atoms with Gasteiger partial charge in [-0.15, -0.1) is 0 Å². The van der Waals surface area contributed by atoms with Crippen LogP contribution in [-0.4, -0.2) is 29.2 Å². The van der Waals surface area contributed by atoms with Crippen molar-refractivity contribution in [3.8, 4) is 0 Å². The van der Waals surface area contributed by atoms with Crippen LogP contribution in [-0.2, 0) is 4.79 Å². The number of aryl methyl sites for hydroxylation is 1. The summed E-state index contributed by atoms with van der Waals surface area (Å²) in [7, 11) is 0. The molecule has 2 aliphatic rings. The molecule has 0 bridgehead atoms. The molecule has 1 saturated carbocycles. The normalized spacial score (nSPS) is 30.6. The standard InChI is InChI=1S/C18H26N2O2/c1-12-5-6-16-13(10-12)14-11-18(2,19)8-3-4-15(14)20(16)9-7-17(21)22/h5-6,10,14-15H,3-4,7-9,11,19H2,1-2H3,(H,21,22)/t14?,15-,18?/m0/s1. The third-order valence-electron chi connectivity index (χ3n) is 5.26. The molecule has 0 radical (unpaired) electrons. The second-order valence-corrected chi connectivity index (χ2v) is 7.32. The Kier molecular flexibility index (Phi) is 3.89. The van der Waals surface area contributed by atoms with Gasteiger partial charge in [-0.25, -0.2) is 0 Å². The summed E-state index contributed by atoms with van der Waals surface area (Å²) >= 11 is 0. The van der Waals surface area contributed by atoms with Crippen LogP contribution in [0.4, 0.5) is 5.69 Å². The van der Waals surface area contributed by atoms with Crippen molar-refractivity contribution < 1.29 is 9.90 Å². The van der Waals surface area contributed by atoms with E-state index in [1.807, 2.05) is 0 Å². The van der Waals surface area contributed by atoms with Crippen molar-refractivity contribution >= 4 is 11.7 Å². The summed E-state index contributed by atoms with van der Waals surface area (Å²) in [6.45, 7) is 4.87. The molecule has 3 rings (SSSR count). The first-order chi connectivity index (χ1) is 10.4. The number of anilines is 1. The van der Waals surface area contributed by atoms with Crippen LogP contribution in [0.2, 0.25) is 0 Å². The molecule has 4 nitrogen and oxygen atoms in total. The minimum atomic E-state index is -0.727. The predicted octanol–water partition coefficient (Wildman–Crippen LogP) is 3.03.